The lowest BCUT2D eigenvalue weighted by Crippen LogP contribution is -2.05. The highest BCUT2D eigenvalue weighted by atomic mass is 32.2. The Labute approximate surface area is 150 Å². The first-order valence-corrected chi connectivity index (χ1v) is 8.87. The number of furan rings is 1. The van der Waals surface area contributed by atoms with E-state index in [1.807, 2.05) is 18.2 Å². The number of rotatable bonds is 7. The lowest BCUT2D eigenvalue weighted by Gasteiger charge is -2.07. The maximum atomic E-state index is 11.7. The quantitative estimate of drug-likeness (QED) is 0.473. The third-order valence-corrected chi connectivity index (χ3v) is 4.85. The number of esters is 1. The number of carbonyl (C=O) groups excluding carboxylic acids is 1. The number of ether oxygens (including phenoxy) is 2. The van der Waals surface area contributed by atoms with Crippen molar-refractivity contribution < 1.29 is 18.7 Å². The van der Waals surface area contributed by atoms with Gasteiger partial charge in [0.05, 0.1) is 30.5 Å². The smallest absolute Gasteiger partial charge is 0.341 e. The molecular formula is C18H20N2O4S. The zero-order valence-electron chi connectivity index (χ0n) is 14.4. The van der Waals surface area contributed by atoms with Crippen LogP contribution in [-0.2, 0) is 21.8 Å². The molecule has 7 heteroatoms. The topological polar surface area (TPSA) is 66.5 Å². The minimum absolute atomic E-state index is 0.384. The molecule has 0 radical (unpaired) electrons. The number of fused-ring (bicyclic) bond motifs is 1. The lowest BCUT2D eigenvalue weighted by molar-refractivity contribution is 0.0599. The molecule has 0 spiro atoms. The van der Waals surface area contributed by atoms with Gasteiger partial charge in [-0.1, -0.05) is 23.9 Å². The summed E-state index contributed by atoms with van der Waals surface area (Å²) in [7, 11) is 3.05. The summed E-state index contributed by atoms with van der Waals surface area (Å²) in [5.74, 6) is 1.47. The summed E-state index contributed by atoms with van der Waals surface area (Å²) in [6, 6.07) is 9.75. The van der Waals surface area contributed by atoms with E-state index in [-0.39, 0.29) is 5.97 Å². The van der Waals surface area contributed by atoms with Gasteiger partial charge in [-0.15, -0.1) is 0 Å². The van der Waals surface area contributed by atoms with Crippen LogP contribution in [0.5, 0.6) is 0 Å². The molecule has 0 bridgehead atoms. The van der Waals surface area contributed by atoms with Crippen LogP contribution in [0.1, 0.15) is 21.9 Å². The van der Waals surface area contributed by atoms with E-state index in [0.29, 0.717) is 29.4 Å². The van der Waals surface area contributed by atoms with Gasteiger partial charge in [0.15, 0.2) is 5.16 Å². The lowest BCUT2D eigenvalue weighted by atomic mass is 10.2. The van der Waals surface area contributed by atoms with Gasteiger partial charge in [0, 0.05) is 13.7 Å². The second kappa shape index (κ2) is 7.76. The number of imidazole rings is 1. The number of hydrogen-bond donors (Lipinski definition) is 0. The maximum Gasteiger partial charge on any atom is 0.341 e. The number of thioether (sulfide) groups is 1. The number of methoxy groups -OCH3 is 2. The van der Waals surface area contributed by atoms with Crippen molar-refractivity contribution >= 4 is 28.8 Å². The molecule has 0 saturated heterocycles. The normalized spacial score (nSPS) is 11.2. The Kier molecular flexibility index (Phi) is 5.45. The van der Waals surface area contributed by atoms with E-state index in [0.717, 1.165) is 22.7 Å². The van der Waals surface area contributed by atoms with Crippen molar-refractivity contribution in [2.45, 2.75) is 24.4 Å². The fourth-order valence-corrected chi connectivity index (χ4v) is 3.55. The molecule has 2 heterocycles. The number of nitrogens with zero attached hydrogens (tertiary/aromatic N) is 2. The zero-order chi connectivity index (χ0) is 17.8. The first-order chi connectivity index (χ1) is 12.1. The second-order valence-corrected chi connectivity index (χ2v) is 6.43. The molecule has 0 aliphatic carbocycles. The minimum Gasteiger partial charge on any atom is -0.465 e. The van der Waals surface area contributed by atoms with Crippen LogP contribution in [-0.4, -0.2) is 36.3 Å². The standard InChI is InChI=1S/C18H20N2O4S/c1-12-14(17(21)23-3)10-13(24-12)11-25-18-19-15-6-4-5-7-16(15)20(18)8-9-22-2/h4-7,10H,8-9,11H2,1-3H3. The fourth-order valence-electron chi connectivity index (χ4n) is 2.63. The molecule has 0 fully saturated rings. The monoisotopic (exact) mass is 360 g/mol. The summed E-state index contributed by atoms with van der Waals surface area (Å²) in [4.78, 5) is 16.4. The summed E-state index contributed by atoms with van der Waals surface area (Å²) in [5.41, 5.74) is 2.49. The van der Waals surface area contributed by atoms with E-state index in [4.69, 9.17) is 18.9 Å². The Morgan fingerprint density at radius 3 is 2.88 bits per heavy atom. The van der Waals surface area contributed by atoms with Gasteiger partial charge in [-0.25, -0.2) is 9.78 Å². The third-order valence-electron chi connectivity index (χ3n) is 3.86. The van der Waals surface area contributed by atoms with Crippen molar-refractivity contribution in [3.05, 3.63) is 47.4 Å². The first kappa shape index (κ1) is 17.6. The van der Waals surface area contributed by atoms with Gasteiger partial charge in [-0.05, 0) is 25.1 Å². The van der Waals surface area contributed by atoms with Crippen LogP contribution >= 0.6 is 11.8 Å². The molecule has 0 atom stereocenters. The molecule has 0 aliphatic rings. The molecular weight excluding hydrogens is 340 g/mol. The van der Waals surface area contributed by atoms with Crippen molar-refractivity contribution in [2.24, 2.45) is 0 Å². The molecule has 1 aromatic carbocycles. The third kappa shape index (κ3) is 3.72. The Morgan fingerprint density at radius 1 is 1.32 bits per heavy atom. The summed E-state index contributed by atoms with van der Waals surface area (Å²) in [6.07, 6.45) is 0. The second-order valence-electron chi connectivity index (χ2n) is 5.49. The van der Waals surface area contributed by atoms with Crippen molar-refractivity contribution in [3.8, 4) is 0 Å². The average Bonchev–Trinajstić information content (AvgIpc) is 3.17. The van der Waals surface area contributed by atoms with Crippen LogP contribution in [0.25, 0.3) is 11.0 Å². The van der Waals surface area contributed by atoms with Crippen LogP contribution < -0.4 is 0 Å². The van der Waals surface area contributed by atoms with Crippen molar-refractivity contribution in [1.29, 1.82) is 0 Å². The van der Waals surface area contributed by atoms with Gasteiger partial charge >= 0.3 is 5.97 Å². The highest BCUT2D eigenvalue weighted by Gasteiger charge is 2.17. The van der Waals surface area contributed by atoms with Crippen LogP contribution in [0.2, 0.25) is 0 Å². The van der Waals surface area contributed by atoms with Crippen LogP contribution in [0.4, 0.5) is 0 Å². The molecule has 0 aliphatic heterocycles. The van der Waals surface area contributed by atoms with Gasteiger partial charge in [-0.2, -0.15) is 0 Å². The van der Waals surface area contributed by atoms with Gasteiger partial charge < -0.3 is 18.5 Å². The van der Waals surface area contributed by atoms with Gasteiger partial charge in [0.1, 0.15) is 17.1 Å². The SMILES string of the molecule is COCCn1c(SCc2cc(C(=O)OC)c(C)o2)nc2ccccc21. The maximum absolute atomic E-state index is 11.7. The molecule has 3 aromatic rings. The van der Waals surface area contributed by atoms with Crippen LogP contribution in [0.3, 0.4) is 0 Å². The number of aryl methyl sites for hydroxylation is 1. The highest BCUT2D eigenvalue weighted by molar-refractivity contribution is 7.98. The van der Waals surface area contributed by atoms with E-state index >= 15 is 0 Å². The molecule has 0 saturated carbocycles. The van der Waals surface area contributed by atoms with Gasteiger partial charge in [0.25, 0.3) is 0 Å². The number of carbonyl (C=O) groups is 1. The molecule has 0 N–H and O–H groups in total. The van der Waals surface area contributed by atoms with Gasteiger partial charge in [0.2, 0.25) is 0 Å². The first-order valence-electron chi connectivity index (χ1n) is 7.88. The molecule has 3 rings (SSSR count). The summed E-state index contributed by atoms with van der Waals surface area (Å²) < 4.78 is 17.8. The van der Waals surface area contributed by atoms with E-state index in [2.05, 4.69) is 10.6 Å². The summed E-state index contributed by atoms with van der Waals surface area (Å²) >= 11 is 1.57. The van der Waals surface area contributed by atoms with Crippen LogP contribution in [0.15, 0.2) is 39.9 Å². The van der Waals surface area contributed by atoms with E-state index < -0.39 is 0 Å². The zero-order valence-corrected chi connectivity index (χ0v) is 15.3. The van der Waals surface area contributed by atoms with Gasteiger partial charge in [-0.3, -0.25) is 0 Å². The average molecular weight is 360 g/mol. The summed E-state index contributed by atoms with van der Waals surface area (Å²) in [5, 5.41) is 0.895. The minimum atomic E-state index is -0.384. The molecule has 6 nitrogen and oxygen atoms in total. The number of para-hydroxylation sites is 2. The predicted octanol–water partition coefficient (Wildman–Crippen LogP) is 3.66. The molecule has 0 amide bonds. The molecule has 0 unspecified atom stereocenters. The summed E-state index contributed by atoms with van der Waals surface area (Å²) in [6.45, 7) is 3.10. The van der Waals surface area contributed by atoms with Crippen molar-refractivity contribution in [1.82, 2.24) is 9.55 Å². The van der Waals surface area contributed by atoms with E-state index in [1.165, 1.54) is 7.11 Å². The Bertz CT molecular complexity index is 884. The number of hydrogen-bond acceptors (Lipinski definition) is 6. The van der Waals surface area contributed by atoms with Crippen molar-refractivity contribution in [3.63, 3.8) is 0 Å². The fraction of sp³-hybridized carbons (Fsp3) is 0.333. The predicted molar refractivity (Wildman–Crippen MR) is 96.0 cm³/mol. The molecule has 2 aromatic heterocycles. The van der Waals surface area contributed by atoms with Crippen molar-refractivity contribution in [2.75, 3.05) is 20.8 Å². The number of aromatic nitrogens is 2. The Balaban J connectivity index is 1.82. The Hall–Kier alpha value is -2.25. The highest BCUT2D eigenvalue weighted by Crippen LogP contribution is 2.28. The molecule has 132 valence electrons. The largest absolute Gasteiger partial charge is 0.465 e. The van der Waals surface area contributed by atoms with E-state index in [1.54, 1.807) is 31.9 Å². The Morgan fingerprint density at radius 2 is 2.12 bits per heavy atom. The number of benzene rings is 1. The van der Waals surface area contributed by atoms with Crippen LogP contribution in [0, 0.1) is 6.92 Å². The van der Waals surface area contributed by atoms with E-state index in [9.17, 15) is 4.79 Å². The molecule has 25 heavy (non-hydrogen) atoms.